The van der Waals surface area contributed by atoms with Crippen LogP contribution in [0.15, 0.2) is 36.7 Å². The van der Waals surface area contributed by atoms with E-state index in [0.717, 1.165) is 23.5 Å². The number of methoxy groups -OCH3 is 1. The van der Waals surface area contributed by atoms with E-state index in [2.05, 4.69) is 20.6 Å². The van der Waals surface area contributed by atoms with Crippen LogP contribution >= 0.6 is 0 Å². The maximum absolute atomic E-state index is 12.4. The molecular weight excluding hydrogens is 358 g/mol. The molecule has 150 valence electrons. The van der Waals surface area contributed by atoms with E-state index in [9.17, 15) is 9.59 Å². The predicted octanol–water partition coefficient (Wildman–Crippen LogP) is 1.10. The molecule has 0 aliphatic carbocycles. The fraction of sp³-hybridized carbons (Fsp3) is 0.450. The Hall–Kier alpha value is -2.87. The summed E-state index contributed by atoms with van der Waals surface area (Å²) in [6.07, 6.45) is 3.71. The number of nitrogens with zero attached hydrogens (tertiary/aromatic N) is 3. The van der Waals surface area contributed by atoms with E-state index >= 15 is 0 Å². The molecule has 0 bridgehead atoms. The van der Waals surface area contributed by atoms with Crippen LogP contribution in [0.3, 0.4) is 0 Å². The average molecular weight is 385 g/mol. The summed E-state index contributed by atoms with van der Waals surface area (Å²) in [5, 5.41) is 10.1. The van der Waals surface area contributed by atoms with Gasteiger partial charge in [0.1, 0.15) is 11.4 Å². The Labute approximate surface area is 164 Å². The van der Waals surface area contributed by atoms with E-state index in [-0.39, 0.29) is 24.3 Å². The second-order valence-electron chi connectivity index (χ2n) is 7.08. The van der Waals surface area contributed by atoms with Gasteiger partial charge in [0.25, 0.3) is 0 Å². The number of amides is 2. The third-order valence-electron chi connectivity index (χ3n) is 4.87. The number of nitrogens with one attached hydrogen (secondary N) is 2. The van der Waals surface area contributed by atoms with Gasteiger partial charge < -0.3 is 15.4 Å². The number of carbonyl (C=O) groups excluding carboxylic acids is 2. The first-order valence-corrected chi connectivity index (χ1v) is 9.46. The molecule has 8 heteroatoms. The van der Waals surface area contributed by atoms with Crippen LogP contribution in [0, 0.1) is 0 Å². The second kappa shape index (κ2) is 8.88. The fourth-order valence-electron chi connectivity index (χ4n) is 3.41. The van der Waals surface area contributed by atoms with Gasteiger partial charge >= 0.3 is 0 Å². The summed E-state index contributed by atoms with van der Waals surface area (Å²) in [7, 11) is 1.62. The Morgan fingerprint density at radius 2 is 2.18 bits per heavy atom. The monoisotopic (exact) mass is 385 g/mol. The highest BCUT2D eigenvalue weighted by atomic mass is 16.5. The first kappa shape index (κ1) is 19.9. The zero-order chi connectivity index (χ0) is 20.1. The van der Waals surface area contributed by atoms with E-state index in [1.165, 1.54) is 0 Å². The summed E-state index contributed by atoms with van der Waals surface area (Å²) >= 11 is 0. The lowest BCUT2D eigenvalue weighted by atomic mass is 10.1. The lowest BCUT2D eigenvalue weighted by Crippen LogP contribution is -2.58. The molecule has 2 aromatic rings. The number of para-hydroxylation sites is 2. The highest BCUT2D eigenvalue weighted by Gasteiger charge is 2.32. The third kappa shape index (κ3) is 4.51. The summed E-state index contributed by atoms with van der Waals surface area (Å²) in [4.78, 5) is 26.7. The molecule has 2 heterocycles. The lowest BCUT2D eigenvalue weighted by Gasteiger charge is -2.37. The highest BCUT2D eigenvalue weighted by Crippen LogP contribution is 2.21. The maximum atomic E-state index is 12.4. The zero-order valence-electron chi connectivity index (χ0n) is 16.5. The minimum Gasteiger partial charge on any atom is -0.494 e. The smallest absolute Gasteiger partial charge is 0.237 e. The second-order valence-corrected chi connectivity index (χ2v) is 7.08. The van der Waals surface area contributed by atoms with Crippen LogP contribution < -0.4 is 15.4 Å². The number of piperazine rings is 1. The third-order valence-corrected chi connectivity index (χ3v) is 4.87. The van der Waals surface area contributed by atoms with Crippen molar-refractivity contribution < 1.29 is 14.3 Å². The van der Waals surface area contributed by atoms with E-state index < -0.39 is 6.04 Å². The molecule has 28 heavy (non-hydrogen) atoms. The number of aromatic nitrogens is 2. The SMILES string of the molecule is COc1ccccc1-n1cc(CNC(=O)C[C@H]2C(=O)NCCN2C(C)C)cn1. The molecule has 1 saturated heterocycles. The first-order valence-electron chi connectivity index (χ1n) is 9.46. The minimum atomic E-state index is -0.426. The average Bonchev–Trinajstić information content (AvgIpc) is 3.16. The summed E-state index contributed by atoms with van der Waals surface area (Å²) in [6.45, 7) is 5.81. The largest absolute Gasteiger partial charge is 0.494 e. The molecular formula is C20H27N5O3. The normalized spacial score (nSPS) is 17.4. The first-order chi connectivity index (χ1) is 13.5. The topological polar surface area (TPSA) is 88.5 Å². The van der Waals surface area contributed by atoms with Crippen molar-refractivity contribution in [2.24, 2.45) is 0 Å². The van der Waals surface area contributed by atoms with Crippen LogP contribution in [-0.4, -0.2) is 58.8 Å². The number of carbonyl (C=O) groups is 2. The van der Waals surface area contributed by atoms with Gasteiger partial charge in [0.2, 0.25) is 11.8 Å². The fourth-order valence-corrected chi connectivity index (χ4v) is 3.41. The molecule has 2 amide bonds. The standard InChI is InChI=1S/C20H27N5O3/c1-14(2)24-9-8-21-20(27)17(24)10-19(26)22-11-15-12-23-25(13-15)16-6-4-5-7-18(16)28-3/h4-7,12-14,17H,8-11H2,1-3H3,(H,21,27)(H,22,26)/t17-/m0/s1. The van der Waals surface area contributed by atoms with Gasteiger partial charge in [-0.05, 0) is 26.0 Å². The quantitative estimate of drug-likeness (QED) is 0.745. The van der Waals surface area contributed by atoms with Crippen molar-refractivity contribution in [3.05, 3.63) is 42.2 Å². The van der Waals surface area contributed by atoms with Gasteiger partial charge in [0.05, 0.1) is 25.8 Å². The van der Waals surface area contributed by atoms with Crippen molar-refractivity contribution >= 4 is 11.8 Å². The molecule has 1 aliphatic rings. The number of rotatable bonds is 7. The van der Waals surface area contributed by atoms with Crippen LogP contribution in [0.2, 0.25) is 0 Å². The van der Waals surface area contributed by atoms with Gasteiger partial charge in [0, 0.05) is 37.4 Å². The molecule has 0 radical (unpaired) electrons. The number of benzene rings is 1. The van der Waals surface area contributed by atoms with Crippen molar-refractivity contribution in [2.75, 3.05) is 20.2 Å². The van der Waals surface area contributed by atoms with E-state index in [0.29, 0.717) is 13.1 Å². The van der Waals surface area contributed by atoms with E-state index in [4.69, 9.17) is 4.74 Å². The Balaban J connectivity index is 1.59. The molecule has 0 spiro atoms. The van der Waals surface area contributed by atoms with Crippen molar-refractivity contribution in [1.82, 2.24) is 25.3 Å². The molecule has 1 fully saturated rings. The summed E-state index contributed by atoms with van der Waals surface area (Å²) in [5.74, 6) is 0.482. The molecule has 2 N–H and O–H groups in total. The molecule has 1 atom stereocenters. The highest BCUT2D eigenvalue weighted by molar-refractivity contribution is 5.88. The Kier molecular flexibility index (Phi) is 6.30. The van der Waals surface area contributed by atoms with Crippen LogP contribution in [0.5, 0.6) is 5.75 Å². The van der Waals surface area contributed by atoms with Crippen molar-refractivity contribution in [3.8, 4) is 11.4 Å². The van der Waals surface area contributed by atoms with Gasteiger partial charge in [-0.2, -0.15) is 5.10 Å². The molecule has 8 nitrogen and oxygen atoms in total. The minimum absolute atomic E-state index is 0.0842. The van der Waals surface area contributed by atoms with E-state index in [1.54, 1.807) is 18.0 Å². The molecule has 3 rings (SSSR count). The van der Waals surface area contributed by atoms with Gasteiger partial charge in [0.15, 0.2) is 0 Å². The number of hydrogen-bond donors (Lipinski definition) is 2. The molecule has 0 saturated carbocycles. The maximum Gasteiger partial charge on any atom is 0.237 e. The Morgan fingerprint density at radius 3 is 2.93 bits per heavy atom. The number of hydrogen-bond acceptors (Lipinski definition) is 5. The van der Waals surface area contributed by atoms with Crippen molar-refractivity contribution in [2.45, 2.75) is 38.9 Å². The van der Waals surface area contributed by atoms with Crippen LogP contribution in [0.25, 0.3) is 5.69 Å². The van der Waals surface area contributed by atoms with Crippen molar-refractivity contribution in [1.29, 1.82) is 0 Å². The Bertz CT molecular complexity index is 833. The van der Waals surface area contributed by atoms with Gasteiger partial charge in [-0.3, -0.25) is 14.5 Å². The molecule has 1 aliphatic heterocycles. The predicted molar refractivity (Wildman–Crippen MR) is 105 cm³/mol. The molecule has 1 aromatic carbocycles. The molecule has 1 aromatic heterocycles. The van der Waals surface area contributed by atoms with Crippen LogP contribution in [0.1, 0.15) is 25.8 Å². The van der Waals surface area contributed by atoms with Gasteiger partial charge in [-0.1, -0.05) is 12.1 Å². The van der Waals surface area contributed by atoms with Gasteiger partial charge in [-0.15, -0.1) is 0 Å². The van der Waals surface area contributed by atoms with Crippen molar-refractivity contribution in [3.63, 3.8) is 0 Å². The van der Waals surface area contributed by atoms with Crippen LogP contribution in [0.4, 0.5) is 0 Å². The zero-order valence-corrected chi connectivity index (χ0v) is 16.5. The summed E-state index contributed by atoms with van der Waals surface area (Å²) < 4.78 is 7.08. The Morgan fingerprint density at radius 1 is 1.39 bits per heavy atom. The number of ether oxygens (including phenoxy) is 1. The van der Waals surface area contributed by atoms with Gasteiger partial charge in [-0.25, -0.2) is 4.68 Å². The lowest BCUT2D eigenvalue weighted by molar-refractivity contribution is -0.134. The van der Waals surface area contributed by atoms with Crippen LogP contribution in [-0.2, 0) is 16.1 Å². The summed E-state index contributed by atoms with van der Waals surface area (Å²) in [6, 6.07) is 7.38. The van der Waals surface area contributed by atoms with E-state index in [1.807, 2.05) is 44.3 Å². The summed E-state index contributed by atoms with van der Waals surface area (Å²) in [5.41, 5.74) is 1.70. The molecule has 0 unspecified atom stereocenters.